The summed E-state index contributed by atoms with van der Waals surface area (Å²) in [5.74, 6) is 1.29. The molecular weight excluding hydrogens is 442 g/mol. The number of carbonyl (C=O) groups excluding carboxylic acids is 1. The Kier molecular flexibility index (Phi) is 8.57. The van der Waals surface area contributed by atoms with Gasteiger partial charge in [0, 0.05) is 44.0 Å². The molecule has 1 saturated heterocycles. The fourth-order valence-corrected chi connectivity index (χ4v) is 5.15. The van der Waals surface area contributed by atoms with Crippen molar-refractivity contribution in [3.05, 3.63) is 54.1 Å². The molecule has 0 radical (unpaired) electrons. The summed E-state index contributed by atoms with van der Waals surface area (Å²) in [6, 6.07) is 14.7. The smallest absolute Gasteiger partial charge is 0.251 e. The average molecular weight is 476 g/mol. The molecule has 1 aliphatic rings. The molecule has 1 amide bonds. The van der Waals surface area contributed by atoms with Crippen LogP contribution >= 0.6 is 0 Å². The van der Waals surface area contributed by atoms with Crippen LogP contribution in [-0.4, -0.2) is 70.3 Å². The van der Waals surface area contributed by atoms with Crippen molar-refractivity contribution in [2.45, 2.75) is 26.4 Å². The van der Waals surface area contributed by atoms with Gasteiger partial charge in [-0.3, -0.25) is 4.79 Å². The summed E-state index contributed by atoms with van der Waals surface area (Å²) in [5.41, 5.74) is 1.57. The highest BCUT2D eigenvalue weighted by atomic mass is 32.2. The molecule has 1 fully saturated rings. The van der Waals surface area contributed by atoms with E-state index in [9.17, 15) is 13.2 Å². The second kappa shape index (κ2) is 11.4. The molecule has 0 atom stereocenters. The number of nitrogens with zero attached hydrogens (tertiary/aromatic N) is 2. The van der Waals surface area contributed by atoms with Gasteiger partial charge in [0.25, 0.3) is 5.91 Å². The summed E-state index contributed by atoms with van der Waals surface area (Å²) in [5, 5.41) is 2.79. The Balaban J connectivity index is 1.40. The molecule has 180 valence electrons. The summed E-state index contributed by atoms with van der Waals surface area (Å²) >= 11 is 0. The number of rotatable bonds is 10. The molecule has 0 bridgehead atoms. The van der Waals surface area contributed by atoms with Gasteiger partial charge in [0.2, 0.25) is 10.0 Å². The van der Waals surface area contributed by atoms with Gasteiger partial charge in [0.1, 0.15) is 11.5 Å². The summed E-state index contributed by atoms with van der Waals surface area (Å²) in [6.07, 6.45) is 0.429. The van der Waals surface area contributed by atoms with E-state index in [1.54, 1.807) is 35.7 Å². The quantitative estimate of drug-likeness (QED) is 0.532. The van der Waals surface area contributed by atoms with Crippen molar-refractivity contribution in [1.82, 2.24) is 9.62 Å². The van der Waals surface area contributed by atoms with E-state index in [2.05, 4.69) is 10.2 Å². The minimum Gasteiger partial charge on any atom is -0.497 e. The second-order valence-electron chi connectivity index (χ2n) is 8.20. The van der Waals surface area contributed by atoms with Crippen LogP contribution in [0.4, 0.5) is 5.69 Å². The van der Waals surface area contributed by atoms with Crippen LogP contribution in [0.5, 0.6) is 11.5 Å². The van der Waals surface area contributed by atoms with Crippen LogP contribution in [0.15, 0.2) is 48.5 Å². The maximum atomic E-state index is 12.7. The summed E-state index contributed by atoms with van der Waals surface area (Å²) in [7, 11) is -1.73. The molecule has 0 unspecified atom stereocenters. The molecule has 1 aliphatic heterocycles. The maximum absolute atomic E-state index is 12.7. The Hall–Kier alpha value is -2.78. The van der Waals surface area contributed by atoms with Gasteiger partial charge in [0.05, 0.1) is 19.0 Å². The molecule has 33 heavy (non-hydrogen) atoms. The van der Waals surface area contributed by atoms with Crippen LogP contribution in [0.3, 0.4) is 0 Å². The van der Waals surface area contributed by atoms with Crippen LogP contribution in [0.25, 0.3) is 0 Å². The van der Waals surface area contributed by atoms with Crippen molar-refractivity contribution in [3.63, 3.8) is 0 Å². The van der Waals surface area contributed by atoms with Gasteiger partial charge in [-0.25, -0.2) is 8.42 Å². The fraction of sp³-hybridized carbons (Fsp3) is 0.458. The molecular formula is C24H33N3O5S. The Morgan fingerprint density at radius 2 is 1.58 bits per heavy atom. The van der Waals surface area contributed by atoms with E-state index in [0.29, 0.717) is 50.5 Å². The molecule has 2 aromatic rings. The molecule has 0 saturated carbocycles. The van der Waals surface area contributed by atoms with E-state index in [-0.39, 0.29) is 17.8 Å². The number of ether oxygens (including phenoxy) is 2. The van der Waals surface area contributed by atoms with Crippen LogP contribution in [-0.2, 0) is 10.0 Å². The Morgan fingerprint density at radius 3 is 2.15 bits per heavy atom. The number of hydrogen-bond acceptors (Lipinski definition) is 6. The number of nitrogens with one attached hydrogen (secondary N) is 1. The van der Waals surface area contributed by atoms with E-state index >= 15 is 0 Å². The lowest BCUT2D eigenvalue weighted by Gasteiger charge is -2.35. The molecule has 0 spiro atoms. The van der Waals surface area contributed by atoms with Crippen molar-refractivity contribution < 1.29 is 22.7 Å². The molecule has 3 rings (SSSR count). The second-order valence-corrected chi connectivity index (χ2v) is 10.3. The van der Waals surface area contributed by atoms with Crippen LogP contribution in [0.1, 0.15) is 30.6 Å². The predicted octanol–water partition coefficient (Wildman–Crippen LogP) is 2.75. The molecule has 1 N–H and O–H groups in total. The van der Waals surface area contributed by atoms with Gasteiger partial charge in [-0.05, 0) is 68.8 Å². The minimum atomic E-state index is -3.36. The fourth-order valence-electron chi connectivity index (χ4n) is 3.66. The third-order valence-corrected chi connectivity index (χ3v) is 7.38. The van der Waals surface area contributed by atoms with E-state index in [1.165, 1.54) is 0 Å². The first kappa shape index (κ1) is 24.9. The van der Waals surface area contributed by atoms with Gasteiger partial charge in [-0.2, -0.15) is 4.31 Å². The molecule has 0 aromatic heterocycles. The third-order valence-electron chi connectivity index (χ3n) is 5.42. The van der Waals surface area contributed by atoms with Crippen molar-refractivity contribution in [2.24, 2.45) is 0 Å². The van der Waals surface area contributed by atoms with Crippen molar-refractivity contribution in [3.8, 4) is 11.5 Å². The largest absolute Gasteiger partial charge is 0.497 e. The monoisotopic (exact) mass is 475 g/mol. The lowest BCUT2D eigenvalue weighted by Crippen LogP contribution is -2.49. The van der Waals surface area contributed by atoms with Gasteiger partial charge in [0.15, 0.2) is 0 Å². The van der Waals surface area contributed by atoms with Crippen molar-refractivity contribution in [2.75, 3.05) is 50.5 Å². The van der Waals surface area contributed by atoms with E-state index in [0.717, 1.165) is 11.4 Å². The molecule has 0 aliphatic carbocycles. The van der Waals surface area contributed by atoms with Crippen molar-refractivity contribution >= 4 is 21.6 Å². The third kappa shape index (κ3) is 7.10. The van der Waals surface area contributed by atoms with E-state index in [4.69, 9.17) is 9.47 Å². The molecule has 1 heterocycles. The highest BCUT2D eigenvalue weighted by molar-refractivity contribution is 7.89. The van der Waals surface area contributed by atoms with Crippen LogP contribution < -0.4 is 19.7 Å². The van der Waals surface area contributed by atoms with Crippen molar-refractivity contribution in [1.29, 1.82) is 0 Å². The van der Waals surface area contributed by atoms with E-state index < -0.39 is 10.0 Å². The van der Waals surface area contributed by atoms with E-state index in [1.807, 2.05) is 38.1 Å². The number of piperazine rings is 1. The van der Waals surface area contributed by atoms with Crippen LogP contribution in [0.2, 0.25) is 0 Å². The first-order chi connectivity index (χ1) is 15.8. The predicted molar refractivity (Wildman–Crippen MR) is 130 cm³/mol. The Labute approximate surface area is 196 Å². The zero-order valence-electron chi connectivity index (χ0n) is 19.5. The number of amides is 1. The lowest BCUT2D eigenvalue weighted by molar-refractivity contribution is 0.0953. The molecule has 8 nitrogen and oxygen atoms in total. The highest BCUT2D eigenvalue weighted by Gasteiger charge is 2.26. The topological polar surface area (TPSA) is 88.2 Å². The zero-order valence-corrected chi connectivity index (χ0v) is 20.3. The molecule has 9 heteroatoms. The summed E-state index contributed by atoms with van der Waals surface area (Å²) in [4.78, 5) is 14.5. The number of anilines is 1. The Bertz CT molecular complexity index is 999. The highest BCUT2D eigenvalue weighted by Crippen LogP contribution is 2.21. The molecule has 2 aromatic carbocycles. The van der Waals surface area contributed by atoms with Crippen LogP contribution in [0, 0.1) is 0 Å². The zero-order chi connectivity index (χ0) is 23.8. The first-order valence-electron chi connectivity index (χ1n) is 11.2. The SMILES string of the molecule is COc1ccc(N2CCN(S(=O)(=O)CCCNC(=O)c3ccc(OC(C)C)cc3)CC2)cc1. The summed E-state index contributed by atoms with van der Waals surface area (Å²) in [6.45, 7) is 6.35. The van der Waals surface area contributed by atoms with Gasteiger partial charge >= 0.3 is 0 Å². The summed E-state index contributed by atoms with van der Waals surface area (Å²) < 4.78 is 37.7. The minimum absolute atomic E-state index is 0.0109. The number of hydrogen-bond donors (Lipinski definition) is 1. The Morgan fingerprint density at radius 1 is 0.970 bits per heavy atom. The number of methoxy groups -OCH3 is 1. The maximum Gasteiger partial charge on any atom is 0.251 e. The number of sulfonamides is 1. The van der Waals surface area contributed by atoms with Gasteiger partial charge in [-0.1, -0.05) is 0 Å². The van der Waals surface area contributed by atoms with Gasteiger partial charge < -0.3 is 19.7 Å². The average Bonchev–Trinajstić information content (AvgIpc) is 2.82. The first-order valence-corrected chi connectivity index (χ1v) is 12.8. The normalized spacial score (nSPS) is 14.8. The number of carbonyl (C=O) groups is 1. The number of benzene rings is 2. The van der Waals surface area contributed by atoms with Gasteiger partial charge in [-0.15, -0.1) is 0 Å². The lowest BCUT2D eigenvalue weighted by atomic mass is 10.2. The standard InChI is InChI=1S/C24H33N3O5S/c1-19(2)32-23-9-5-20(6-10-23)24(28)25-13-4-18-33(29,30)27-16-14-26(15-17-27)21-7-11-22(31-3)12-8-21/h5-12,19H,4,13-18H2,1-3H3,(H,25,28).